The molecule has 2 heterocycles. The van der Waals surface area contributed by atoms with Gasteiger partial charge in [-0.15, -0.1) is 0 Å². The van der Waals surface area contributed by atoms with E-state index in [9.17, 15) is 0 Å². The zero-order chi connectivity index (χ0) is 8.39. The number of aromatic nitrogens is 2. The Kier molecular flexibility index (Phi) is 2.46. The molecule has 0 unspecified atom stereocenters. The zero-order valence-electron chi connectivity index (χ0n) is 6.74. The smallest absolute Gasteiger partial charge is 0.150 e. The van der Waals surface area contributed by atoms with Crippen molar-refractivity contribution in [2.24, 2.45) is 0 Å². The summed E-state index contributed by atoms with van der Waals surface area (Å²) in [5.74, 6) is 0. The van der Waals surface area contributed by atoms with Crippen LogP contribution in [0.4, 0.5) is 0 Å². The molecule has 1 saturated heterocycles. The van der Waals surface area contributed by atoms with E-state index in [1.54, 1.807) is 6.20 Å². The summed E-state index contributed by atoms with van der Waals surface area (Å²) in [6.45, 7) is 0.863. The lowest BCUT2D eigenvalue weighted by atomic mass is 10.2. The molecule has 0 aliphatic carbocycles. The predicted molar refractivity (Wildman–Crippen MR) is 48.8 cm³/mol. The van der Waals surface area contributed by atoms with E-state index < -0.39 is 0 Å². The molecule has 1 atom stereocenters. The van der Waals surface area contributed by atoms with E-state index in [1.165, 1.54) is 12.8 Å². The highest BCUT2D eigenvalue weighted by Crippen LogP contribution is 2.22. The SMILES string of the molecule is Brc1cnn([C@@H]2CCCCO2)c1. The van der Waals surface area contributed by atoms with Crippen LogP contribution in [0.25, 0.3) is 0 Å². The van der Waals surface area contributed by atoms with Gasteiger partial charge in [0.05, 0.1) is 10.7 Å². The second-order valence-electron chi connectivity index (χ2n) is 2.96. The Balaban J connectivity index is 2.08. The van der Waals surface area contributed by atoms with Gasteiger partial charge >= 0.3 is 0 Å². The first kappa shape index (κ1) is 8.26. The standard InChI is InChI=1S/C8H11BrN2O/c9-7-5-10-11(6-7)8-3-1-2-4-12-8/h5-6,8H,1-4H2/t8-/m0/s1. The van der Waals surface area contributed by atoms with Crippen LogP contribution >= 0.6 is 15.9 Å². The lowest BCUT2D eigenvalue weighted by Gasteiger charge is -2.22. The average Bonchev–Trinajstić information content (AvgIpc) is 2.54. The van der Waals surface area contributed by atoms with Crippen LogP contribution in [0.15, 0.2) is 16.9 Å². The van der Waals surface area contributed by atoms with E-state index in [-0.39, 0.29) is 6.23 Å². The molecule has 3 nitrogen and oxygen atoms in total. The zero-order valence-corrected chi connectivity index (χ0v) is 8.33. The summed E-state index contributed by atoms with van der Waals surface area (Å²) in [4.78, 5) is 0. The molecule has 0 bridgehead atoms. The normalized spacial score (nSPS) is 24.2. The molecule has 1 aliphatic rings. The van der Waals surface area contributed by atoms with Gasteiger partial charge in [-0.3, -0.25) is 0 Å². The largest absolute Gasteiger partial charge is 0.357 e. The Morgan fingerprint density at radius 2 is 2.50 bits per heavy atom. The molecule has 0 aromatic carbocycles. The van der Waals surface area contributed by atoms with E-state index in [4.69, 9.17) is 4.74 Å². The van der Waals surface area contributed by atoms with Gasteiger partial charge < -0.3 is 4.74 Å². The summed E-state index contributed by atoms with van der Waals surface area (Å²) >= 11 is 3.36. The van der Waals surface area contributed by atoms with Gasteiger partial charge in [-0.25, -0.2) is 4.68 Å². The highest BCUT2D eigenvalue weighted by molar-refractivity contribution is 9.10. The first-order valence-corrected chi connectivity index (χ1v) is 4.97. The third kappa shape index (κ3) is 1.69. The van der Waals surface area contributed by atoms with Crippen LogP contribution < -0.4 is 0 Å². The first-order valence-electron chi connectivity index (χ1n) is 4.17. The molecule has 1 aromatic rings. The summed E-state index contributed by atoms with van der Waals surface area (Å²) < 4.78 is 8.45. The molecule has 4 heteroatoms. The van der Waals surface area contributed by atoms with Crippen LogP contribution in [0.5, 0.6) is 0 Å². The second-order valence-corrected chi connectivity index (χ2v) is 3.88. The molecule has 2 rings (SSSR count). The Bertz CT molecular complexity index is 255. The van der Waals surface area contributed by atoms with E-state index >= 15 is 0 Å². The second kappa shape index (κ2) is 3.58. The summed E-state index contributed by atoms with van der Waals surface area (Å²) in [5, 5.41) is 4.18. The summed E-state index contributed by atoms with van der Waals surface area (Å²) in [7, 11) is 0. The fourth-order valence-electron chi connectivity index (χ4n) is 1.40. The molecule has 1 aromatic heterocycles. The Hall–Kier alpha value is -0.350. The number of rotatable bonds is 1. The van der Waals surface area contributed by atoms with Gasteiger partial charge in [0.1, 0.15) is 6.23 Å². The fraction of sp³-hybridized carbons (Fsp3) is 0.625. The maximum Gasteiger partial charge on any atom is 0.150 e. The monoisotopic (exact) mass is 230 g/mol. The third-order valence-electron chi connectivity index (χ3n) is 2.02. The van der Waals surface area contributed by atoms with Crippen molar-refractivity contribution < 1.29 is 4.74 Å². The highest BCUT2D eigenvalue weighted by Gasteiger charge is 2.15. The van der Waals surface area contributed by atoms with Crippen LogP contribution in [-0.2, 0) is 4.74 Å². The van der Waals surface area contributed by atoms with Crippen molar-refractivity contribution >= 4 is 15.9 Å². The topological polar surface area (TPSA) is 27.1 Å². The molecule has 0 spiro atoms. The third-order valence-corrected chi connectivity index (χ3v) is 2.43. The van der Waals surface area contributed by atoms with E-state index in [0.717, 1.165) is 17.5 Å². The van der Waals surface area contributed by atoms with Gasteiger partial charge in [-0.1, -0.05) is 0 Å². The van der Waals surface area contributed by atoms with Gasteiger partial charge in [-0.05, 0) is 35.2 Å². The number of halogens is 1. The minimum absolute atomic E-state index is 0.157. The molecule has 1 aliphatic heterocycles. The lowest BCUT2D eigenvalue weighted by molar-refractivity contribution is -0.0395. The maximum absolute atomic E-state index is 5.56. The van der Waals surface area contributed by atoms with Crippen molar-refractivity contribution in [2.75, 3.05) is 6.61 Å². The Morgan fingerprint density at radius 3 is 3.08 bits per heavy atom. The van der Waals surface area contributed by atoms with Gasteiger partial charge in [0.2, 0.25) is 0 Å². The molecular weight excluding hydrogens is 220 g/mol. The molecule has 66 valence electrons. The van der Waals surface area contributed by atoms with E-state index in [0.29, 0.717) is 0 Å². The number of hydrogen-bond acceptors (Lipinski definition) is 2. The van der Waals surface area contributed by atoms with Gasteiger partial charge in [0.15, 0.2) is 0 Å². The van der Waals surface area contributed by atoms with Gasteiger partial charge in [0.25, 0.3) is 0 Å². The Morgan fingerprint density at radius 1 is 1.58 bits per heavy atom. The van der Waals surface area contributed by atoms with Crippen LogP contribution in [0.2, 0.25) is 0 Å². The number of hydrogen-bond donors (Lipinski definition) is 0. The Labute approximate surface area is 79.8 Å². The molecule has 0 saturated carbocycles. The van der Waals surface area contributed by atoms with Gasteiger partial charge in [-0.2, -0.15) is 5.10 Å². The molecule has 0 radical (unpaired) electrons. The fourth-order valence-corrected chi connectivity index (χ4v) is 1.71. The molecule has 12 heavy (non-hydrogen) atoms. The van der Waals surface area contributed by atoms with Crippen molar-refractivity contribution in [2.45, 2.75) is 25.5 Å². The van der Waals surface area contributed by atoms with Crippen molar-refractivity contribution in [1.82, 2.24) is 9.78 Å². The van der Waals surface area contributed by atoms with Gasteiger partial charge in [0, 0.05) is 12.8 Å². The van der Waals surface area contributed by atoms with Crippen LogP contribution in [0.1, 0.15) is 25.5 Å². The summed E-state index contributed by atoms with van der Waals surface area (Å²) in [6.07, 6.45) is 7.40. The van der Waals surface area contributed by atoms with Crippen molar-refractivity contribution in [3.05, 3.63) is 16.9 Å². The summed E-state index contributed by atoms with van der Waals surface area (Å²) in [5.41, 5.74) is 0. The van der Waals surface area contributed by atoms with Crippen molar-refractivity contribution in [1.29, 1.82) is 0 Å². The minimum atomic E-state index is 0.157. The van der Waals surface area contributed by atoms with E-state index in [1.807, 2.05) is 10.9 Å². The molecule has 0 amide bonds. The van der Waals surface area contributed by atoms with E-state index in [2.05, 4.69) is 21.0 Å². The lowest BCUT2D eigenvalue weighted by Crippen LogP contribution is -2.18. The predicted octanol–water partition coefficient (Wildman–Crippen LogP) is 2.34. The average molecular weight is 231 g/mol. The van der Waals surface area contributed by atoms with Crippen LogP contribution in [0.3, 0.4) is 0 Å². The number of ether oxygens (including phenoxy) is 1. The van der Waals surface area contributed by atoms with Crippen molar-refractivity contribution in [3.63, 3.8) is 0 Å². The number of nitrogens with zero attached hydrogens (tertiary/aromatic N) is 2. The molecular formula is C8H11BrN2O. The minimum Gasteiger partial charge on any atom is -0.357 e. The van der Waals surface area contributed by atoms with Crippen molar-refractivity contribution in [3.8, 4) is 0 Å². The summed E-state index contributed by atoms with van der Waals surface area (Å²) in [6, 6.07) is 0. The maximum atomic E-state index is 5.56. The van der Waals surface area contributed by atoms with Crippen LogP contribution in [-0.4, -0.2) is 16.4 Å². The first-order chi connectivity index (χ1) is 5.86. The van der Waals surface area contributed by atoms with Crippen LogP contribution in [0, 0.1) is 0 Å². The highest BCUT2D eigenvalue weighted by atomic mass is 79.9. The molecule has 1 fully saturated rings. The quantitative estimate of drug-likeness (QED) is 0.741. The molecule has 0 N–H and O–H groups in total.